The number of hydroxylamine groups is 2. The molecule has 1 aromatic rings. The number of hydrogen-bond donors (Lipinski definition) is 2. The minimum atomic E-state index is -0.940. The lowest BCUT2D eigenvalue weighted by molar-refractivity contribution is -0.166. The van der Waals surface area contributed by atoms with E-state index in [0.29, 0.717) is 18.9 Å². The Morgan fingerprint density at radius 3 is 2.58 bits per heavy atom. The van der Waals surface area contributed by atoms with E-state index < -0.39 is 5.72 Å². The van der Waals surface area contributed by atoms with Crippen LogP contribution >= 0.6 is 0 Å². The van der Waals surface area contributed by atoms with Crippen LogP contribution in [-0.2, 0) is 14.4 Å². The number of carbonyl (C=O) groups is 2. The summed E-state index contributed by atoms with van der Waals surface area (Å²) in [6.45, 7) is 6.00. The molecule has 2 rings (SSSR count). The van der Waals surface area contributed by atoms with Gasteiger partial charge in [0, 0.05) is 32.6 Å². The van der Waals surface area contributed by atoms with Gasteiger partial charge in [0.25, 0.3) is 0 Å². The highest BCUT2D eigenvalue weighted by molar-refractivity contribution is 6.00. The van der Waals surface area contributed by atoms with Crippen LogP contribution in [0.25, 0.3) is 0 Å². The van der Waals surface area contributed by atoms with Crippen molar-refractivity contribution in [3.63, 3.8) is 0 Å². The zero-order valence-corrected chi connectivity index (χ0v) is 14.5. The fraction of sp³-hybridized carbons (Fsp3) is 0.471. The van der Waals surface area contributed by atoms with Crippen LogP contribution in [0.4, 0.5) is 0 Å². The van der Waals surface area contributed by atoms with E-state index in [0.717, 1.165) is 11.1 Å². The number of carbonyl (C=O) groups excluding carboxylic acids is 2. The van der Waals surface area contributed by atoms with Crippen molar-refractivity contribution in [2.75, 3.05) is 20.1 Å². The van der Waals surface area contributed by atoms with Gasteiger partial charge in [-0.3, -0.25) is 9.59 Å². The van der Waals surface area contributed by atoms with Crippen molar-refractivity contribution in [3.8, 4) is 0 Å². The predicted molar refractivity (Wildman–Crippen MR) is 91.3 cm³/mol. The highest BCUT2D eigenvalue weighted by Crippen LogP contribution is 2.28. The number of rotatable bonds is 6. The Bertz CT molecular complexity index is 659. The van der Waals surface area contributed by atoms with E-state index in [4.69, 9.17) is 4.84 Å². The maximum absolute atomic E-state index is 12.1. The lowest BCUT2D eigenvalue weighted by Crippen LogP contribution is -2.38. The fourth-order valence-electron chi connectivity index (χ4n) is 2.58. The molecule has 24 heavy (non-hydrogen) atoms. The maximum Gasteiger partial charge on any atom is 0.225 e. The van der Waals surface area contributed by atoms with Crippen LogP contribution in [0.3, 0.4) is 0 Å². The molecule has 1 aliphatic rings. The second kappa shape index (κ2) is 7.44. The Hall–Kier alpha value is -2.41. The summed E-state index contributed by atoms with van der Waals surface area (Å²) in [5.74, 6) is 0.414. The number of nitrogens with zero attached hydrogens (tertiary/aromatic N) is 2. The van der Waals surface area contributed by atoms with Crippen LogP contribution in [-0.4, -0.2) is 48.6 Å². The van der Waals surface area contributed by atoms with Gasteiger partial charge in [-0.1, -0.05) is 24.3 Å². The molecule has 1 atom stereocenters. The minimum absolute atomic E-state index is 0.104. The van der Waals surface area contributed by atoms with Gasteiger partial charge >= 0.3 is 0 Å². The van der Waals surface area contributed by atoms with Crippen LogP contribution < -0.4 is 10.6 Å². The number of aliphatic imine (C=N–C) groups is 1. The SMILES string of the molecule is CC(=O)NCCNC(=O)CC1(C)N=C(c2ccccc2C)N(C)O1. The molecular weight excluding hydrogens is 308 g/mol. The van der Waals surface area contributed by atoms with Crippen molar-refractivity contribution >= 4 is 17.6 Å². The summed E-state index contributed by atoms with van der Waals surface area (Å²) in [5, 5.41) is 6.98. The van der Waals surface area contributed by atoms with Gasteiger partial charge in [-0.25, -0.2) is 14.9 Å². The Morgan fingerprint density at radius 2 is 1.92 bits per heavy atom. The molecule has 1 unspecified atom stereocenters. The van der Waals surface area contributed by atoms with Crippen LogP contribution in [0.15, 0.2) is 29.3 Å². The van der Waals surface area contributed by atoms with E-state index in [-0.39, 0.29) is 18.2 Å². The molecule has 0 aliphatic carbocycles. The molecule has 1 aliphatic heterocycles. The monoisotopic (exact) mass is 332 g/mol. The first-order valence-corrected chi connectivity index (χ1v) is 7.90. The van der Waals surface area contributed by atoms with Crippen LogP contribution in [0.5, 0.6) is 0 Å². The Kier molecular flexibility index (Phi) is 5.56. The molecule has 7 heteroatoms. The predicted octanol–water partition coefficient (Wildman–Crippen LogP) is 0.977. The smallest absolute Gasteiger partial charge is 0.225 e. The summed E-state index contributed by atoms with van der Waals surface area (Å²) in [7, 11) is 1.78. The van der Waals surface area contributed by atoms with Crippen LogP contribution in [0.1, 0.15) is 31.4 Å². The van der Waals surface area contributed by atoms with Gasteiger partial charge in [0.2, 0.25) is 11.8 Å². The van der Waals surface area contributed by atoms with E-state index in [1.54, 1.807) is 19.0 Å². The zero-order chi connectivity index (χ0) is 17.7. The largest absolute Gasteiger partial charge is 0.355 e. The van der Waals surface area contributed by atoms with E-state index >= 15 is 0 Å². The third kappa shape index (κ3) is 4.55. The van der Waals surface area contributed by atoms with Crippen molar-refractivity contribution in [1.82, 2.24) is 15.7 Å². The molecule has 0 aromatic heterocycles. The minimum Gasteiger partial charge on any atom is -0.355 e. The normalized spacial score (nSPS) is 19.8. The fourth-order valence-corrected chi connectivity index (χ4v) is 2.58. The van der Waals surface area contributed by atoms with Crippen molar-refractivity contribution < 1.29 is 14.4 Å². The summed E-state index contributed by atoms with van der Waals surface area (Å²) in [6.07, 6.45) is 0.104. The van der Waals surface area contributed by atoms with Crippen molar-refractivity contribution in [1.29, 1.82) is 0 Å². The zero-order valence-electron chi connectivity index (χ0n) is 14.5. The molecule has 7 nitrogen and oxygen atoms in total. The first-order valence-electron chi connectivity index (χ1n) is 7.90. The third-order valence-electron chi connectivity index (χ3n) is 3.67. The van der Waals surface area contributed by atoms with Gasteiger partial charge in [0.05, 0.1) is 6.42 Å². The van der Waals surface area contributed by atoms with Gasteiger partial charge < -0.3 is 10.6 Å². The average molecular weight is 332 g/mol. The van der Waals surface area contributed by atoms with E-state index in [1.165, 1.54) is 6.92 Å². The molecule has 0 saturated carbocycles. The Labute approximate surface area is 142 Å². The molecule has 0 fully saturated rings. The van der Waals surface area contributed by atoms with Crippen molar-refractivity contribution in [2.24, 2.45) is 4.99 Å². The molecule has 0 bridgehead atoms. The van der Waals surface area contributed by atoms with Crippen LogP contribution in [0, 0.1) is 6.92 Å². The Morgan fingerprint density at radius 1 is 1.25 bits per heavy atom. The summed E-state index contributed by atoms with van der Waals surface area (Å²) in [6, 6.07) is 7.91. The molecule has 130 valence electrons. The molecule has 1 heterocycles. The topological polar surface area (TPSA) is 83.0 Å². The first-order chi connectivity index (χ1) is 11.3. The number of aryl methyl sites for hydroxylation is 1. The van der Waals surface area contributed by atoms with E-state index in [1.807, 2.05) is 31.2 Å². The van der Waals surface area contributed by atoms with E-state index in [2.05, 4.69) is 15.6 Å². The standard InChI is InChI=1S/C17H24N4O3/c1-12-7-5-6-8-14(12)16-20-17(3,24-21(16)4)11-15(23)19-10-9-18-13(2)22/h5-8H,9-11H2,1-4H3,(H,18,22)(H,19,23). The summed E-state index contributed by atoms with van der Waals surface area (Å²) < 4.78 is 0. The van der Waals surface area contributed by atoms with Crippen LogP contribution in [0.2, 0.25) is 0 Å². The number of nitrogens with one attached hydrogen (secondary N) is 2. The Balaban J connectivity index is 1.99. The quantitative estimate of drug-likeness (QED) is 0.761. The number of benzene rings is 1. The third-order valence-corrected chi connectivity index (χ3v) is 3.67. The van der Waals surface area contributed by atoms with Gasteiger partial charge in [-0.2, -0.15) is 0 Å². The van der Waals surface area contributed by atoms with Crippen molar-refractivity contribution in [2.45, 2.75) is 32.9 Å². The molecule has 2 N–H and O–H groups in total. The lowest BCUT2D eigenvalue weighted by atomic mass is 10.1. The highest BCUT2D eigenvalue weighted by atomic mass is 16.7. The summed E-state index contributed by atoms with van der Waals surface area (Å²) in [4.78, 5) is 33.3. The summed E-state index contributed by atoms with van der Waals surface area (Å²) in [5.41, 5.74) is 1.13. The second-order valence-corrected chi connectivity index (χ2v) is 6.02. The van der Waals surface area contributed by atoms with Gasteiger partial charge in [-0.15, -0.1) is 0 Å². The molecular formula is C17H24N4O3. The molecule has 0 radical (unpaired) electrons. The number of amidine groups is 1. The molecule has 2 amide bonds. The summed E-state index contributed by atoms with van der Waals surface area (Å²) >= 11 is 0. The second-order valence-electron chi connectivity index (χ2n) is 6.02. The van der Waals surface area contributed by atoms with E-state index in [9.17, 15) is 9.59 Å². The first kappa shape index (κ1) is 17.9. The number of amides is 2. The maximum atomic E-state index is 12.1. The molecule has 1 aromatic carbocycles. The highest BCUT2D eigenvalue weighted by Gasteiger charge is 2.38. The molecule has 0 spiro atoms. The van der Waals surface area contributed by atoms with Gasteiger partial charge in [0.15, 0.2) is 11.6 Å². The average Bonchev–Trinajstić information content (AvgIpc) is 2.78. The van der Waals surface area contributed by atoms with Gasteiger partial charge in [0.1, 0.15) is 0 Å². The number of hydrogen-bond acceptors (Lipinski definition) is 5. The van der Waals surface area contributed by atoms with Gasteiger partial charge in [-0.05, 0) is 19.4 Å². The lowest BCUT2D eigenvalue weighted by Gasteiger charge is -2.21. The van der Waals surface area contributed by atoms with Crippen molar-refractivity contribution in [3.05, 3.63) is 35.4 Å². The molecule has 0 saturated heterocycles.